The fourth-order valence-corrected chi connectivity index (χ4v) is 2.42. The highest BCUT2D eigenvalue weighted by Crippen LogP contribution is 2.21. The third kappa shape index (κ3) is 2.97. The van der Waals surface area contributed by atoms with E-state index in [1.807, 2.05) is 18.2 Å². The molecule has 0 N–H and O–H groups in total. The van der Waals surface area contributed by atoms with Crippen molar-refractivity contribution in [2.75, 3.05) is 0 Å². The Balaban J connectivity index is 2.14. The number of hydrogen-bond acceptors (Lipinski definition) is 4. The molecule has 0 saturated carbocycles. The molecule has 4 heteroatoms. The van der Waals surface area contributed by atoms with E-state index in [0.717, 1.165) is 5.39 Å². The van der Waals surface area contributed by atoms with Crippen LogP contribution in [0, 0.1) is 0 Å². The largest absolute Gasteiger partial charge is 0.422 e. The minimum atomic E-state index is -0.440. The van der Waals surface area contributed by atoms with E-state index in [2.05, 4.69) is 4.99 Å². The van der Waals surface area contributed by atoms with Crippen LogP contribution in [0.25, 0.3) is 11.0 Å². The van der Waals surface area contributed by atoms with Gasteiger partial charge in [-0.05, 0) is 38.1 Å². The highest BCUT2D eigenvalue weighted by Gasteiger charge is 2.10. The number of hydrogen-bond donors (Lipinski definition) is 0. The van der Waals surface area contributed by atoms with Gasteiger partial charge in [0.2, 0.25) is 0 Å². The molecular formula is C19H15NO3. The number of Topliss-reactive ketones (excluding diaryl/α,β-unsaturated/α-hetero) is 1. The molecule has 0 bridgehead atoms. The summed E-state index contributed by atoms with van der Waals surface area (Å²) in [5.74, 6) is -0.0669. The van der Waals surface area contributed by atoms with E-state index in [9.17, 15) is 9.59 Å². The number of aliphatic imine (C=N–C) groups is 1. The first-order valence-electron chi connectivity index (χ1n) is 7.25. The lowest BCUT2D eigenvalue weighted by atomic mass is 10.1. The number of para-hydroxylation sites is 2. The van der Waals surface area contributed by atoms with Crippen molar-refractivity contribution in [2.45, 2.75) is 13.8 Å². The number of nitrogens with zero attached hydrogens (tertiary/aromatic N) is 1. The minimum absolute atomic E-state index is 0.0669. The summed E-state index contributed by atoms with van der Waals surface area (Å²) in [7, 11) is 0. The van der Waals surface area contributed by atoms with E-state index < -0.39 is 5.63 Å². The SMILES string of the molecule is CC(=O)c1ccccc1N=C(C)c1cc2ccccc2oc1=O. The summed E-state index contributed by atoms with van der Waals surface area (Å²) in [6.45, 7) is 3.23. The molecule has 3 aromatic rings. The van der Waals surface area contributed by atoms with Gasteiger partial charge in [-0.3, -0.25) is 9.79 Å². The summed E-state index contributed by atoms with van der Waals surface area (Å²) in [6.07, 6.45) is 0. The molecule has 23 heavy (non-hydrogen) atoms. The number of benzene rings is 2. The molecule has 114 valence electrons. The van der Waals surface area contributed by atoms with E-state index in [1.165, 1.54) is 6.92 Å². The van der Waals surface area contributed by atoms with Crippen molar-refractivity contribution in [1.29, 1.82) is 0 Å². The maximum absolute atomic E-state index is 12.2. The Hall–Kier alpha value is -3.01. The molecule has 0 aliphatic carbocycles. The molecule has 0 saturated heterocycles. The van der Waals surface area contributed by atoms with E-state index in [0.29, 0.717) is 28.1 Å². The van der Waals surface area contributed by atoms with Crippen LogP contribution < -0.4 is 5.63 Å². The Kier molecular flexibility index (Phi) is 3.89. The molecule has 0 aliphatic heterocycles. The highest BCUT2D eigenvalue weighted by molar-refractivity contribution is 6.04. The van der Waals surface area contributed by atoms with Crippen LogP contribution in [-0.2, 0) is 0 Å². The summed E-state index contributed by atoms with van der Waals surface area (Å²) in [5, 5.41) is 0.830. The lowest BCUT2D eigenvalue weighted by molar-refractivity contribution is 0.101. The Bertz CT molecular complexity index is 983. The number of fused-ring (bicyclic) bond motifs is 1. The summed E-state index contributed by atoms with van der Waals surface area (Å²) in [6, 6.07) is 16.1. The highest BCUT2D eigenvalue weighted by atomic mass is 16.4. The third-order valence-electron chi connectivity index (χ3n) is 3.60. The normalized spacial score (nSPS) is 11.7. The Morgan fingerprint density at radius 3 is 2.43 bits per heavy atom. The van der Waals surface area contributed by atoms with Crippen LogP contribution >= 0.6 is 0 Å². The second-order valence-electron chi connectivity index (χ2n) is 5.26. The van der Waals surface area contributed by atoms with Gasteiger partial charge < -0.3 is 4.42 Å². The molecule has 0 radical (unpaired) electrons. The summed E-state index contributed by atoms with van der Waals surface area (Å²) >= 11 is 0. The zero-order valence-corrected chi connectivity index (χ0v) is 12.9. The lowest BCUT2D eigenvalue weighted by Gasteiger charge is -2.05. The fraction of sp³-hybridized carbons (Fsp3) is 0.105. The Morgan fingerprint density at radius 2 is 1.65 bits per heavy atom. The predicted octanol–water partition coefficient (Wildman–Crippen LogP) is 4.14. The summed E-state index contributed by atoms with van der Waals surface area (Å²) in [4.78, 5) is 28.3. The van der Waals surface area contributed by atoms with Crippen LogP contribution in [0.1, 0.15) is 29.8 Å². The van der Waals surface area contributed by atoms with Gasteiger partial charge in [-0.25, -0.2) is 4.79 Å². The molecule has 0 spiro atoms. The molecular weight excluding hydrogens is 290 g/mol. The third-order valence-corrected chi connectivity index (χ3v) is 3.60. The first-order valence-corrected chi connectivity index (χ1v) is 7.25. The number of carbonyl (C=O) groups excluding carboxylic acids is 1. The second kappa shape index (κ2) is 6.01. The number of ketones is 1. The lowest BCUT2D eigenvalue weighted by Crippen LogP contribution is -2.12. The van der Waals surface area contributed by atoms with Gasteiger partial charge in [0.05, 0.1) is 17.0 Å². The van der Waals surface area contributed by atoms with Crippen molar-refractivity contribution in [3.63, 3.8) is 0 Å². The van der Waals surface area contributed by atoms with Gasteiger partial charge in [-0.1, -0.05) is 30.3 Å². The Morgan fingerprint density at radius 1 is 0.957 bits per heavy atom. The molecule has 4 nitrogen and oxygen atoms in total. The topological polar surface area (TPSA) is 59.6 Å². The van der Waals surface area contributed by atoms with E-state index in [1.54, 1.807) is 43.3 Å². The van der Waals surface area contributed by atoms with Crippen molar-refractivity contribution in [1.82, 2.24) is 0 Å². The van der Waals surface area contributed by atoms with Gasteiger partial charge in [-0.2, -0.15) is 0 Å². The van der Waals surface area contributed by atoms with Gasteiger partial charge in [0.25, 0.3) is 0 Å². The zero-order valence-electron chi connectivity index (χ0n) is 12.9. The molecule has 1 heterocycles. The standard InChI is InChI=1S/C19H15NO3/c1-12(20-17-9-5-4-8-15(17)13(2)21)16-11-14-7-3-6-10-18(14)23-19(16)22/h3-11H,1-2H3. The summed E-state index contributed by atoms with van der Waals surface area (Å²) < 4.78 is 5.33. The fourth-order valence-electron chi connectivity index (χ4n) is 2.42. The second-order valence-corrected chi connectivity index (χ2v) is 5.26. The quantitative estimate of drug-likeness (QED) is 0.415. The molecule has 0 amide bonds. The van der Waals surface area contributed by atoms with Gasteiger partial charge >= 0.3 is 5.63 Å². The molecule has 0 unspecified atom stereocenters. The maximum Gasteiger partial charge on any atom is 0.345 e. The van der Waals surface area contributed by atoms with Gasteiger partial charge in [0, 0.05) is 10.9 Å². The van der Waals surface area contributed by atoms with Crippen LogP contribution in [0.2, 0.25) is 0 Å². The zero-order chi connectivity index (χ0) is 16.4. The smallest absolute Gasteiger partial charge is 0.345 e. The number of rotatable bonds is 3. The summed E-state index contributed by atoms with van der Waals surface area (Å²) in [5.41, 5.74) is 2.07. The van der Waals surface area contributed by atoms with Crippen LogP contribution in [0.5, 0.6) is 0 Å². The molecule has 3 rings (SSSR count). The first-order chi connectivity index (χ1) is 11.1. The van der Waals surface area contributed by atoms with Gasteiger partial charge in [0.1, 0.15) is 5.58 Å². The average molecular weight is 305 g/mol. The predicted molar refractivity (Wildman–Crippen MR) is 90.8 cm³/mol. The Labute approximate surface area is 133 Å². The van der Waals surface area contributed by atoms with Crippen LogP contribution in [0.4, 0.5) is 5.69 Å². The van der Waals surface area contributed by atoms with Crippen LogP contribution in [0.15, 0.2) is 68.8 Å². The number of carbonyl (C=O) groups is 1. The van der Waals surface area contributed by atoms with E-state index in [-0.39, 0.29) is 5.78 Å². The minimum Gasteiger partial charge on any atom is -0.422 e. The van der Waals surface area contributed by atoms with Crippen molar-refractivity contribution in [3.8, 4) is 0 Å². The van der Waals surface area contributed by atoms with Gasteiger partial charge in [-0.15, -0.1) is 0 Å². The van der Waals surface area contributed by atoms with Crippen molar-refractivity contribution in [3.05, 3.63) is 76.1 Å². The molecule has 0 atom stereocenters. The van der Waals surface area contributed by atoms with Crippen molar-refractivity contribution >= 4 is 28.2 Å². The van der Waals surface area contributed by atoms with Crippen molar-refractivity contribution < 1.29 is 9.21 Å². The molecule has 0 aliphatic rings. The maximum atomic E-state index is 12.2. The molecule has 1 aromatic heterocycles. The average Bonchev–Trinajstić information content (AvgIpc) is 2.54. The molecule has 0 fully saturated rings. The van der Waals surface area contributed by atoms with Crippen molar-refractivity contribution in [2.24, 2.45) is 4.99 Å². The van der Waals surface area contributed by atoms with E-state index >= 15 is 0 Å². The van der Waals surface area contributed by atoms with E-state index in [4.69, 9.17) is 4.42 Å². The first kappa shape index (κ1) is 14.9. The monoisotopic (exact) mass is 305 g/mol. The van der Waals surface area contributed by atoms with Crippen LogP contribution in [0.3, 0.4) is 0 Å². The van der Waals surface area contributed by atoms with Gasteiger partial charge in [0.15, 0.2) is 5.78 Å². The molecule has 2 aromatic carbocycles. The van der Waals surface area contributed by atoms with Crippen LogP contribution in [-0.4, -0.2) is 11.5 Å².